The van der Waals surface area contributed by atoms with Crippen LogP contribution in [0.5, 0.6) is 11.5 Å². The molecule has 1 aromatic rings. The number of nitrogens with one attached hydrogen (secondary N) is 1. The molecule has 1 unspecified atom stereocenters. The number of ether oxygens (including phenoxy) is 4. The monoisotopic (exact) mass is 279 g/mol. The fourth-order valence-corrected chi connectivity index (χ4v) is 2.60. The summed E-state index contributed by atoms with van der Waals surface area (Å²) in [6.07, 6.45) is 0.681. The molecule has 1 N–H and O–H groups in total. The van der Waals surface area contributed by atoms with Crippen molar-refractivity contribution >= 4 is 0 Å². The van der Waals surface area contributed by atoms with Gasteiger partial charge in [0.05, 0.1) is 13.2 Å². The van der Waals surface area contributed by atoms with E-state index in [4.69, 9.17) is 18.9 Å². The standard InChI is InChI=1S/C15H21NO4/c1-2-16-12(10-15-19-7-8-20-15)11-3-4-13-14(9-11)18-6-5-17-13/h3-4,9,12,15-16H,2,5-8,10H2,1H3. The van der Waals surface area contributed by atoms with Gasteiger partial charge < -0.3 is 24.3 Å². The molecule has 2 aliphatic rings. The van der Waals surface area contributed by atoms with Crippen molar-refractivity contribution in [2.75, 3.05) is 33.0 Å². The number of fused-ring (bicyclic) bond motifs is 1. The summed E-state index contributed by atoms with van der Waals surface area (Å²) in [6.45, 7) is 5.59. The molecule has 2 aliphatic heterocycles. The van der Waals surface area contributed by atoms with Crippen LogP contribution in [0, 0.1) is 0 Å². The first-order valence-electron chi connectivity index (χ1n) is 7.23. The van der Waals surface area contributed by atoms with Gasteiger partial charge in [-0.3, -0.25) is 0 Å². The Kier molecular flexibility index (Phi) is 4.40. The van der Waals surface area contributed by atoms with Gasteiger partial charge >= 0.3 is 0 Å². The Bertz CT molecular complexity index is 445. The van der Waals surface area contributed by atoms with Crippen molar-refractivity contribution in [3.63, 3.8) is 0 Å². The van der Waals surface area contributed by atoms with E-state index in [1.807, 2.05) is 6.07 Å². The predicted octanol–water partition coefficient (Wildman–Crippen LogP) is 1.87. The molecule has 5 nitrogen and oxygen atoms in total. The normalized spacial score (nSPS) is 20.1. The summed E-state index contributed by atoms with van der Waals surface area (Å²) in [5.41, 5.74) is 1.18. The van der Waals surface area contributed by atoms with Crippen LogP contribution < -0.4 is 14.8 Å². The molecule has 0 amide bonds. The van der Waals surface area contributed by atoms with E-state index >= 15 is 0 Å². The molecule has 0 saturated carbocycles. The molecule has 1 atom stereocenters. The summed E-state index contributed by atoms with van der Waals surface area (Å²) < 4.78 is 22.3. The second-order valence-electron chi connectivity index (χ2n) is 4.92. The van der Waals surface area contributed by atoms with Gasteiger partial charge in [0.25, 0.3) is 0 Å². The molecule has 0 radical (unpaired) electrons. The van der Waals surface area contributed by atoms with Gasteiger partial charge in [0.15, 0.2) is 17.8 Å². The van der Waals surface area contributed by atoms with Gasteiger partial charge in [-0.15, -0.1) is 0 Å². The molecule has 2 heterocycles. The summed E-state index contributed by atoms with van der Waals surface area (Å²) in [5, 5.41) is 3.48. The van der Waals surface area contributed by atoms with Crippen molar-refractivity contribution in [3.05, 3.63) is 23.8 Å². The van der Waals surface area contributed by atoms with Crippen LogP contribution >= 0.6 is 0 Å². The van der Waals surface area contributed by atoms with Gasteiger partial charge in [-0.05, 0) is 24.2 Å². The number of benzene rings is 1. The zero-order valence-corrected chi connectivity index (χ0v) is 11.8. The molecule has 3 rings (SSSR count). The Morgan fingerprint density at radius 3 is 2.60 bits per heavy atom. The van der Waals surface area contributed by atoms with E-state index in [0.29, 0.717) is 26.4 Å². The third-order valence-corrected chi connectivity index (χ3v) is 3.54. The highest BCUT2D eigenvalue weighted by molar-refractivity contribution is 5.44. The maximum absolute atomic E-state index is 5.65. The first kappa shape index (κ1) is 13.7. The smallest absolute Gasteiger partial charge is 0.161 e. The van der Waals surface area contributed by atoms with Crippen molar-refractivity contribution in [1.29, 1.82) is 0 Å². The molecule has 0 aliphatic carbocycles. The molecule has 0 bridgehead atoms. The van der Waals surface area contributed by atoms with Crippen molar-refractivity contribution in [1.82, 2.24) is 5.32 Å². The Morgan fingerprint density at radius 2 is 1.85 bits per heavy atom. The average Bonchev–Trinajstić information content (AvgIpc) is 2.99. The Hall–Kier alpha value is -1.30. The summed E-state index contributed by atoms with van der Waals surface area (Å²) in [5.74, 6) is 1.65. The Balaban J connectivity index is 1.75. The third-order valence-electron chi connectivity index (χ3n) is 3.54. The fraction of sp³-hybridized carbons (Fsp3) is 0.600. The topological polar surface area (TPSA) is 49.0 Å². The maximum Gasteiger partial charge on any atom is 0.161 e. The molecule has 0 spiro atoms. The van der Waals surface area contributed by atoms with E-state index in [9.17, 15) is 0 Å². The number of rotatable bonds is 5. The Morgan fingerprint density at radius 1 is 1.10 bits per heavy atom. The summed E-state index contributed by atoms with van der Waals surface area (Å²) in [4.78, 5) is 0. The lowest BCUT2D eigenvalue weighted by atomic mass is 10.0. The van der Waals surface area contributed by atoms with E-state index in [1.165, 1.54) is 5.56 Å². The van der Waals surface area contributed by atoms with E-state index in [-0.39, 0.29) is 12.3 Å². The van der Waals surface area contributed by atoms with Crippen molar-refractivity contribution < 1.29 is 18.9 Å². The molecule has 1 fully saturated rings. The molecule has 5 heteroatoms. The second-order valence-corrected chi connectivity index (χ2v) is 4.92. The van der Waals surface area contributed by atoms with Crippen LogP contribution in [0.15, 0.2) is 18.2 Å². The van der Waals surface area contributed by atoms with Crippen LogP contribution in [0.25, 0.3) is 0 Å². The van der Waals surface area contributed by atoms with Crippen LogP contribution in [-0.4, -0.2) is 39.3 Å². The molecule has 0 aromatic heterocycles. The van der Waals surface area contributed by atoms with Crippen molar-refractivity contribution in [3.8, 4) is 11.5 Å². The highest BCUT2D eigenvalue weighted by Crippen LogP contribution is 2.34. The summed E-state index contributed by atoms with van der Waals surface area (Å²) in [6, 6.07) is 6.30. The fourth-order valence-electron chi connectivity index (χ4n) is 2.60. The van der Waals surface area contributed by atoms with E-state index in [0.717, 1.165) is 24.5 Å². The van der Waals surface area contributed by atoms with E-state index in [2.05, 4.69) is 24.4 Å². The van der Waals surface area contributed by atoms with Crippen LogP contribution in [0.1, 0.15) is 24.9 Å². The molecular weight excluding hydrogens is 258 g/mol. The van der Waals surface area contributed by atoms with E-state index < -0.39 is 0 Å². The number of hydrogen-bond donors (Lipinski definition) is 1. The van der Waals surface area contributed by atoms with Gasteiger partial charge in [0.1, 0.15) is 13.2 Å². The molecule has 1 saturated heterocycles. The average molecular weight is 279 g/mol. The van der Waals surface area contributed by atoms with Crippen molar-refractivity contribution in [2.45, 2.75) is 25.7 Å². The summed E-state index contributed by atoms with van der Waals surface area (Å²) in [7, 11) is 0. The lowest BCUT2D eigenvalue weighted by molar-refractivity contribution is -0.0529. The first-order chi connectivity index (χ1) is 9.86. The SMILES string of the molecule is CCNC(CC1OCCO1)c1ccc2c(c1)OCCO2. The molecule has 1 aromatic carbocycles. The van der Waals surface area contributed by atoms with Crippen molar-refractivity contribution in [2.24, 2.45) is 0 Å². The number of hydrogen-bond acceptors (Lipinski definition) is 5. The highest BCUT2D eigenvalue weighted by atomic mass is 16.7. The second kappa shape index (κ2) is 6.43. The quantitative estimate of drug-likeness (QED) is 0.891. The zero-order chi connectivity index (χ0) is 13.8. The van der Waals surface area contributed by atoms with Crippen LogP contribution in [0.3, 0.4) is 0 Å². The van der Waals surface area contributed by atoms with Gasteiger partial charge in [0.2, 0.25) is 0 Å². The van der Waals surface area contributed by atoms with Gasteiger partial charge in [-0.2, -0.15) is 0 Å². The minimum absolute atomic E-state index is 0.118. The summed E-state index contributed by atoms with van der Waals surface area (Å²) >= 11 is 0. The highest BCUT2D eigenvalue weighted by Gasteiger charge is 2.23. The van der Waals surface area contributed by atoms with Gasteiger partial charge in [-0.25, -0.2) is 0 Å². The lowest BCUT2D eigenvalue weighted by Gasteiger charge is -2.24. The van der Waals surface area contributed by atoms with Crippen LogP contribution in [0.4, 0.5) is 0 Å². The largest absolute Gasteiger partial charge is 0.486 e. The Labute approximate surface area is 119 Å². The minimum Gasteiger partial charge on any atom is -0.486 e. The minimum atomic E-state index is -0.118. The van der Waals surface area contributed by atoms with Crippen LogP contribution in [-0.2, 0) is 9.47 Å². The van der Waals surface area contributed by atoms with Gasteiger partial charge in [0, 0.05) is 12.5 Å². The zero-order valence-electron chi connectivity index (χ0n) is 11.8. The molecule has 110 valence electrons. The third kappa shape index (κ3) is 3.06. The predicted molar refractivity (Wildman–Crippen MR) is 74.2 cm³/mol. The van der Waals surface area contributed by atoms with E-state index in [1.54, 1.807) is 0 Å². The lowest BCUT2D eigenvalue weighted by Crippen LogP contribution is -2.26. The van der Waals surface area contributed by atoms with Crippen LogP contribution in [0.2, 0.25) is 0 Å². The maximum atomic E-state index is 5.65. The molecule has 20 heavy (non-hydrogen) atoms. The molecular formula is C15H21NO4. The van der Waals surface area contributed by atoms with Gasteiger partial charge in [-0.1, -0.05) is 13.0 Å². The first-order valence-corrected chi connectivity index (χ1v) is 7.23.